The van der Waals surface area contributed by atoms with Gasteiger partial charge in [0.05, 0.1) is 5.41 Å². The van der Waals surface area contributed by atoms with Crippen LogP contribution in [0.1, 0.15) is 75.3 Å². The van der Waals surface area contributed by atoms with E-state index >= 15 is 0 Å². The predicted molar refractivity (Wildman–Crippen MR) is 123 cm³/mol. The minimum Gasteiger partial charge on any atom is -0.369 e. The third-order valence-electron chi connectivity index (χ3n) is 6.60. The van der Waals surface area contributed by atoms with E-state index in [1.807, 2.05) is 30.3 Å². The summed E-state index contributed by atoms with van der Waals surface area (Å²) in [5.74, 6) is -0.159. The van der Waals surface area contributed by atoms with Crippen LogP contribution < -0.4 is 11.5 Å². The van der Waals surface area contributed by atoms with Gasteiger partial charge in [-0.25, -0.2) is 0 Å². The number of hydrogen-bond donors (Lipinski definition) is 2. The summed E-state index contributed by atoms with van der Waals surface area (Å²) in [7, 11) is 0. The highest BCUT2D eigenvalue weighted by atomic mass is 35.5. The molecular formula is C25H35ClN2O. The van der Waals surface area contributed by atoms with Crippen LogP contribution >= 0.6 is 12.4 Å². The molecule has 0 saturated heterocycles. The summed E-state index contributed by atoms with van der Waals surface area (Å²) in [6, 6.07) is 20.5. The molecule has 0 aliphatic heterocycles. The number of carbonyl (C=O) groups is 1. The Morgan fingerprint density at radius 1 is 0.655 bits per heavy atom. The summed E-state index contributed by atoms with van der Waals surface area (Å²) in [4.78, 5) is 11.7. The number of nitrogens with two attached hydrogens (primary N) is 2. The molecule has 2 aromatic rings. The second-order valence-electron chi connectivity index (χ2n) is 8.46. The molecule has 2 aliphatic rings. The molecule has 2 aromatic carbocycles. The van der Waals surface area contributed by atoms with Gasteiger partial charge in [-0.05, 0) is 36.8 Å². The fraction of sp³-hybridized carbons (Fsp3) is 0.480. The van der Waals surface area contributed by atoms with E-state index < -0.39 is 0 Å². The van der Waals surface area contributed by atoms with E-state index in [0.29, 0.717) is 0 Å². The van der Waals surface area contributed by atoms with Crippen LogP contribution in [-0.2, 0) is 15.7 Å². The zero-order valence-electron chi connectivity index (χ0n) is 17.3. The number of halogens is 1. The van der Waals surface area contributed by atoms with Crippen LogP contribution in [0.4, 0.5) is 0 Å². The molecule has 0 bridgehead atoms. The van der Waals surface area contributed by atoms with E-state index in [0.717, 1.165) is 44.1 Å². The molecule has 0 heterocycles. The second-order valence-corrected chi connectivity index (χ2v) is 8.46. The van der Waals surface area contributed by atoms with Crippen LogP contribution in [0.25, 0.3) is 0 Å². The molecule has 0 atom stereocenters. The largest absolute Gasteiger partial charge is 0.369 e. The molecule has 0 aromatic heterocycles. The first kappa shape index (κ1) is 23.4. The molecule has 4 N–H and O–H groups in total. The van der Waals surface area contributed by atoms with Gasteiger partial charge >= 0.3 is 0 Å². The van der Waals surface area contributed by atoms with E-state index in [1.54, 1.807) is 0 Å². The van der Waals surface area contributed by atoms with Crippen molar-refractivity contribution in [2.45, 2.75) is 75.2 Å². The summed E-state index contributed by atoms with van der Waals surface area (Å²) in [5, 5.41) is 0. The van der Waals surface area contributed by atoms with Crippen molar-refractivity contribution in [3.63, 3.8) is 0 Å². The molecule has 2 saturated carbocycles. The van der Waals surface area contributed by atoms with Gasteiger partial charge in [-0.2, -0.15) is 0 Å². The Labute approximate surface area is 181 Å². The van der Waals surface area contributed by atoms with Crippen molar-refractivity contribution in [1.29, 1.82) is 0 Å². The quantitative estimate of drug-likeness (QED) is 0.686. The summed E-state index contributed by atoms with van der Waals surface area (Å²) in [5.41, 5.74) is 14.0. The lowest BCUT2D eigenvalue weighted by Crippen LogP contribution is -2.42. The van der Waals surface area contributed by atoms with Crippen molar-refractivity contribution < 1.29 is 4.79 Å². The van der Waals surface area contributed by atoms with Gasteiger partial charge in [-0.3, -0.25) is 4.79 Å². The molecule has 4 heteroatoms. The molecule has 4 rings (SSSR count). The lowest BCUT2D eigenvalue weighted by molar-refractivity contribution is -0.124. The molecule has 0 radical (unpaired) electrons. The minimum atomic E-state index is -0.389. The first-order valence-corrected chi connectivity index (χ1v) is 10.8. The van der Waals surface area contributed by atoms with E-state index in [1.165, 1.54) is 31.2 Å². The van der Waals surface area contributed by atoms with Crippen molar-refractivity contribution in [3.05, 3.63) is 71.8 Å². The normalized spacial score (nSPS) is 19.8. The van der Waals surface area contributed by atoms with Crippen molar-refractivity contribution in [3.8, 4) is 0 Å². The minimum absolute atomic E-state index is 0. The van der Waals surface area contributed by atoms with Gasteiger partial charge in [0.1, 0.15) is 0 Å². The molecule has 158 valence electrons. The Morgan fingerprint density at radius 3 is 1.52 bits per heavy atom. The molecule has 0 unspecified atom stereocenters. The summed E-state index contributed by atoms with van der Waals surface area (Å²) in [6.45, 7) is 0. The summed E-state index contributed by atoms with van der Waals surface area (Å²) < 4.78 is 0. The van der Waals surface area contributed by atoms with E-state index in [-0.39, 0.29) is 29.3 Å². The molecular weight excluding hydrogens is 380 g/mol. The highest BCUT2D eigenvalue weighted by Crippen LogP contribution is 2.39. The van der Waals surface area contributed by atoms with E-state index in [4.69, 9.17) is 11.5 Å². The fourth-order valence-corrected chi connectivity index (χ4v) is 4.83. The maximum absolute atomic E-state index is 11.7. The Bertz CT molecular complexity index is 736. The van der Waals surface area contributed by atoms with Gasteiger partial charge in [0.25, 0.3) is 0 Å². The summed E-state index contributed by atoms with van der Waals surface area (Å²) >= 11 is 0. The SMILES string of the molecule is Cl.NC(=O)C1(c2ccccc2)CCCCC1.NC1(c2ccccc2)CCCCC1. The first-order valence-electron chi connectivity index (χ1n) is 10.8. The lowest BCUT2D eigenvalue weighted by Gasteiger charge is -2.34. The van der Waals surface area contributed by atoms with Crippen LogP contribution in [0.5, 0.6) is 0 Å². The van der Waals surface area contributed by atoms with Crippen LogP contribution in [0.3, 0.4) is 0 Å². The molecule has 3 nitrogen and oxygen atoms in total. The van der Waals surface area contributed by atoms with E-state index in [2.05, 4.69) is 30.3 Å². The molecule has 2 fully saturated rings. The van der Waals surface area contributed by atoms with Crippen molar-refractivity contribution in [2.24, 2.45) is 11.5 Å². The molecule has 1 amide bonds. The van der Waals surface area contributed by atoms with Crippen LogP contribution in [0, 0.1) is 0 Å². The lowest BCUT2D eigenvalue weighted by atomic mass is 9.69. The highest BCUT2D eigenvalue weighted by molar-refractivity contribution is 5.86. The monoisotopic (exact) mass is 414 g/mol. The highest BCUT2D eigenvalue weighted by Gasteiger charge is 2.39. The molecule has 29 heavy (non-hydrogen) atoms. The number of benzene rings is 2. The Morgan fingerprint density at radius 2 is 1.07 bits per heavy atom. The Kier molecular flexibility index (Phi) is 8.73. The number of rotatable bonds is 3. The van der Waals surface area contributed by atoms with Crippen LogP contribution in [-0.4, -0.2) is 5.91 Å². The van der Waals surface area contributed by atoms with Gasteiger partial charge in [-0.15, -0.1) is 12.4 Å². The second kappa shape index (κ2) is 10.8. The average Bonchev–Trinajstić information content (AvgIpc) is 2.76. The third-order valence-corrected chi connectivity index (χ3v) is 6.60. The molecule has 0 spiro atoms. The van der Waals surface area contributed by atoms with Crippen LogP contribution in [0.2, 0.25) is 0 Å². The summed E-state index contributed by atoms with van der Waals surface area (Å²) in [6.07, 6.45) is 11.5. The van der Waals surface area contributed by atoms with Gasteiger partial charge in [0.15, 0.2) is 0 Å². The maximum Gasteiger partial charge on any atom is 0.228 e. The average molecular weight is 415 g/mol. The number of amides is 1. The standard InChI is InChI=1S/C13H17NO.C12H17N.ClH/c14-12(15)13(9-5-2-6-10-13)11-7-3-1-4-8-11;13-12(9-5-2-6-10-12)11-7-3-1-4-8-11;/h1,3-4,7-8H,2,5-6,9-10H2,(H2,14,15);1,3-4,7-8H,2,5-6,9-10,13H2;1H. The smallest absolute Gasteiger partial charge is 0.228 e. The van der Waals surface area contributed by atoms with Gasteiger partial charge < -0.3 is 11.5 Å². The zero-order chi connectivity index (χ0) is 19.9. The number of primary amides is 1. The van der Waals surface area contributed by atoms with Gasteiger partial charge in [0, 0.05) is 5.54 Å². The topological polar surface area (TPSA) is 69.1 Å². The fourth-order valence-electron chi connectivity index (χ4n) is 4.83. The zero-order valence-corrected chi connectivity index (χ0v) is 18.1. The van der Waals surface area contributed by atoms with Crippen molar-refractivity contribution >= 4 is 18.3 Å². The van der Waals surface area contributed by atoms with Gasteiger partial charge in [-0.1, -0.05) is 99.2 Å². The van der Waals surface area contributed by atoms with Crippen LogP contribution in [0.15, 0.2) is 60.7 Å². The van der Waals surface area contributed by atoms with E-state index in [9.17, 15) is 4.79 Å². The van der Waals surface area contributed by atoms with Gasteiger partial charge in [0.2, 0.25) is 5.91 Å². The van der Waals surface area contributed by atoms with Crippen molar-refractivity contribution in [1.82, 2.24) is 0 Å². The Hall–Kier alpha value is -1.84. The number of hydrogen-bond acceptors (Lipinski definition) is 2. The molecule has 2 aliphatic carbocycles. The Balaban J connectivity index is 0.000000202. The van der Waals surface area contributed by atoms with Crippen molar-refractivity contribution in [2.75, 3.05) is 0 Å². The predicted octanol–water partition coefficient (Wildman–Crippen LogP) is 5.60. The third kappa shape index (κ3) is 5.61. The first-order chi connectivity index (χ1) is 13.6. The number of carbonyl (C=O) groups excluding carboxylic acids is 1. The maximum atomic E-state index is 11.7.